The maximum atomic E-state index is 12.7. The molecule has 1 aliphatic carbocycles. The first-order chi connectivity index (χ1) is 11.5. The lowest BCUT2D eigenvalue weighted by atomic mass is 10.1. The van der Waals surface area contributed by atoms with Crippen molar-refractivity contribution < 1.29 is 9.90 Å². The Morgan fingerprint density at radius 3 is 2.96 bits per heavy atom. The highest BCUT2D eigenvalue weighted by atomic mass is 16.3. The van der Waals surface area contributed by atoms with E-state index in [1.165, 1.54) is 0 Å². The number of fused-ring (bicyclic) bond motifs is 1. The topological polar surface area (TPSA) is 80.0 Å². The lowest BCUT2D eigenvalue weighted by Crippen LogP contribution is -2.32. The van der Waals surface area contributed by atoms with Crippen molar-refractivity contribution >= 4 is 16.9 Å². The fourth-order valence-corrected chi connectivity index (χ4v) is 3.40. The Bertz CT molecular complexity index is 740. The van der Waals surface area contributed by atoms with Crippen LogP contribution in [-0.2, 0) is 0 Å². The van der Waals surface area contributed by atoms with Gasteiger partial charge in [0.05, 0.1) is 29.3 Å². The summed E-state index contributed by atoms with van der Waals surface area (Å²) in [4.78, 5) is 17.2. The van der Waals surface area contributed by atoms with Crippen molar-refractivity contribution in [3.8, 4) is 0 Å². The fraction of sp³-hybridized carbons (Fsp3) is 0.611. The van der Waals surface area contributed by atoms with Gasteiger partial charge in [-0.15, -0.1) is 0 Å². The van der Waals surface area contributed by atoms with E-state index in [0.717, 1.165) is 42.4 Å². The van der Waals surface area contributed by atoms with Crippen molar-refractivity contribution in [2.75, 3.05) is 6.54 Å². The summed E-state index contributed by atoms with van der Waals surface area (Å²) in [6, 6.07) is 2.05. The van der Waals surface area contributed by atoms with Gasteiger partial charge in [0.2, 0.25) is 0 Å². The van der Waals surface area contributed by atoms with Gasteiger partial charge in [0.1, 0.15) is 0 Å². The second-order valence-electron chi connectivity index (χ2n) is 6.86. The predicted molar refractivity (Wildman–Crippen MR) is 92.9 cm³/mol. The normalized spacial score (nSPS) is 22.0. The average molecular weight is 330 g/mol. The van der Waals surface area contributed by atoms with Gasteiger partial charge in [-0.3, -0.25) is 4.79 Å². The van der Waals surface area contributed by atoms with Gasteiger partial charge in [-0.25, -0.2) is 9.67 Å². The zero-order chi connectivity index (χ0) is 17.3. The number of hydrogen-bond donors (Lipinski definition) is 2. The second-order valence-corrected chi connectivity index (χ2v) is 6.86. The standard InChI is InChI=1S/C18H26N4O2/c1-4-12(3)22-17-15(10-20-22)14(8-11(2)21-17)18(24)19-9-13-6-5-7-16(13)23/h8,10,12-13,16,23H,4-7,9H2,1-3H3,(H,19,24). The molecular weight excluding hydrogens is 304 g/mol. The molecule has 130 valence electrons. The molecule has 0 aliphatic heterocycles. The van der Waals surface area contributed by atoms with Crippen molar-refractivity contribution in [2.24, 2.45) is 5.92 Å². The highest BCUT2D eigenvalue weighted by Crippen LogP contribution is 2.25. The van der Waals surface area contributed by atoms with Crippen LogP contribution in [0.3, 0.4) is 0 Å². The van der Waals surface area contributed by atoms with Crippen LogP contribution in [0, 0.1) is 12.8 Å². The first kappa shape index (κ1) is 16.9. The molecule has 3 rings (SSSR count). The number of aryl methyl sites for hydroxylation is 1. The Hall–Kier alpha value is -1.95. The number of aromatic nitrogens is 3. The fourth-order valence-electron chi connectivity index (χ4n) is 3.40. The van der Waals surface area contributed by atoms with Crippen LogP contribution in [0.1, 0.15) is 61.6 Å². The molecule has 2 aromatic rings. The van der Waals surface area contributed by atoms with Crippen LogP contribution < -0.4 is 5.32 Å². The van der Waals surface area contributed by atoms with E-state index in [4.69, 9.17) is 0 Å². The lowest BCUT2D eigenvalue weighted by molar-refractivity contribution is 0.0918. The molecule has 3 unspecified atom stereocenters. The highest BCUT2D eigenvalue weighted by Gasteiger charge is 2.26. The quantitative estimate of drug-likeness (QED) is 0.883. The Balaban J connectivity index is 1.85. The minimum atomic E-state index is -0.294. The molecule has 2 N–H and O–H groups in total. The van der Waals surface area contributed by atoms with E-state index < -0.39 is 0 Å². The lowest BCUT2D eigenvalue weighted by Gasteiger charge is -2.15. The summed E-state index contributed by atoms with van der Waals surface area (Å²) in [7, 11) is 0. The molecule has 0 spiro atoms. The molecule has 24 heavy (non-hydrogen) atoms. The molecule has 2 heterocycles. The van der Waals surface area contributed by atoms with Crippen molar-refractivity contribution in [3.05, 3.63) is 23.5 Å². The van der Waals surface area contributed by atoms with Gasteiger partial charge in [0.25, 0.3) is 5.91 Å². The minimum absolute atomic E-state index is 0.117. The molecule has 0 bridgehead atoms. The van der Waals surface area contributed by atoms with Crippen molar-refractivity contribution in [2.45, 2.75) is 58.6 Å². The maximum Gasteiger partial charge on any atom is 0.252 e. The monoisotopic (exact) mass is 330 g/mol. The molecule has 1 aliphatic rings. The number of hydrogen-bond acceptors (Lipinski definition) is 4. The van der Waals surface area contributed by atoms with Crippen LogP contribution in [0.4, 0.5) is 0 Å². The molecule has 1 fully saturated rings. The number of aliphatic hydroxyl groups is 1. The van der Waals surface area contributed by atoms with Crippen LogP contribution in [0.5, 0.6) is 0 Å². The second kappa shape index (κ2) is 6.89. The maximum absolute atomic E-state index is 12.7. The molecular formula is C18H26N4O2. The van der Waals surface area contributed by atoms with Gasteiger partial charge in [0.15, 0.2) is 5.65 Å². The summed E-state index contributed by atoms with van der Waals surface area (Å²) < 4.78 is 1.89. The molecule has 0 radical (unpaired) electrons. The largest absolute Gasteiger partial charge is 0.393 e. The summed E-state index contributed by atoms with van der Waals surface area (Å²) in [6.45, 7) is 6.61. The molecule has 0 aromatic carbocycles. The molecule has 6 nitrogen and oxygen atoms in total. The molecule has 2 aromatic heterocycles. The molecule has 1 saturated carbocycles. The average Bonchev–Trinajstić information content (AvgIpc) is 3.17. The van der Waals surface area contributed by atoms with E-state index >= 15 is 0 Å². The third-order valence-corrected chi connectivity index (χ3v) is 5.09. The Morgan fingerprint density at radius 2 is 2.29 bits per heavy atom. The van der Waals surface area contributed by atoms with Gasteiger partial charge in [-0.05, 0) is 39.2 Å². The van der Waals surface area contributed by atoms with Gasteiger partial charge in [-0.1, -0.05) is 13.3 Å². The first-order valence-electron chi connectivity index (χ1n) is 8.82. The van der Waals surface area contributed by atoms with E-state index in [0.29, 0.717) is 12.1 Å². The van der Waals surface area contributed by atoms with Crippen LogP contribution in [-0.4, -0.2) is 38.4 Å². The van der Waals surface area contributed by atoms with Crippen LogP contribution in [0.2, 0.25) is 0 Å². The number of nitrogens with one attached hydrogen (secondary N) is 1. The number of nitrogens with zero attached hydrogens (tertiary/aromatic N) is 3. The number of amides is 1. The Kier molecular flexibility index (Phi) is 4.85. The summed E-state index contributed by atoms with van der Waals surface area (Å²) in [6.07, 6.45) is 5.22. The molecule has 3 atom stereocenters. The number of carbonyl (C=O) groups is 1. The van der Waals surface area contributed by atoms with Crippen molar-refractivity contribution in [1.29, 1.82) is 0 Å². The van der Waals surface area contributed by atoms with E-state index in [1.54, 1.807) is 6.20 Å². The Morgan fingerprint density at radius 1 is 1.50 bits per heavy atom. The molecule has 6 heteroatoms. The Labute approximate surface area is 142 Å². The smallest absolute Gasteiger partial charge is 0.252 e. The summed E-state index contributed by atoms with van der Waals surface area (Å²) in [5.74, 6) is 0.0449. The zero-order valence-electron chi connectivity index (χ0n) is 14.6. The third-order valence-electron chi connectivity index (χ3n) is 5.09. The van der Waals surface area contributed by atoms with E-state index in [1.807, 2.05) is 17.7 Å². The van der Waals surface area contributed by atoms with Gasteiger partial charge in [0, 0.05) is 18.2 Å². The van der Waals surface area contributed by atoms with E-state index in [-0.39, 0.29) is 24.0 Å². The summed E-state index contributed by atoms with van der Waals surface area (Å²) in [5.41, 5.74) is 2.17. The number of carbonyl (C=O) groups excluding carboxylic acids is 1. The third kappa shape index (κ3) is 3.15. The van der Waals surface area contributed by atoms with Crippen LogP contribution in [0.25, 0.3) is 11.0 Å². The molecule has 0 saturated heterocycles. The zero-order valence-corrected chi connectivity index (χ0v) is 14.6. The van der Waals surface area contributed by atoms with Gasteiger partial charge in [-0.2, -0.15) is 5.10 Å². The van der Waals surface area contributed by atoms with Gasteiger partial charge >= 0.3 is 0 Å². The van der Waals surface area contributed by atoms with Gasteiger partial charge < -0.3 is 10.4 Å². The summed E-state index contributed by atoms with van der Waals surface area (Å²) in [5, 5.41) is 18.1. The highest BCUT2D eigenvalue weighted by molar-refractivity contribution is 6.05. The first-order valence-corrected chi connectivity index (χ1v) is 8.82. The molecule has 1 amide bonds. The number of rotatable bonds is 5. The van der Waals surface area contributed by atoms with Crippen molar-refractivity contribution in [3.63, 3.8) is 0 Å². The number of pyridine rings is 1. The SMILES string of the molecule is CCC(C)n1ncc2c(C(=O)NCC3CCCC3O)cc(C)nc21. The summed E-state index contributed by atoms with van der Waals surface area (Å²) >= 11 is 0. The van der Waals surface area contributed by atoms with E-state index in [9.17, 15) is 9.90 Å². The predicted octanol–water partition coefficient (Wildman–Crippen LogP) is 2.60. The minimum Gasteiger partial charge on any atom is -0.393 e. The van der Waals surface area contributed by atoms with Crippen LogP contribution >= 0.6 is 0 Å². The van der Waals surface area contributed by atoms with E-state index in [2.05, 4.69) is 29.2 Å². The number of aliphatic hydroxyl groups excluding tert-OH is 1. The van der Waals surface area contributed by atoms with Crippen LogP contribution in [0.15, 0.2) is 12.3 Å². The van der Waals surface area contributed by atoms with Crippen molar-refractivity contribution in [1.82, 2.24) is 20.1 Å².